The number of benzene rings is 1. The number of nitrogens with zero attached hydrogens (tertiary/aromatic N) is 2. The monoisotopic (exact) mass is 471 g/mol. The molecule has 6 nitrogen and oxygen atoms in total. The zero-order valence-electron chi connectivity index (χ0n) is 16.3. The van der Waals surface area contributed by atoms with Gasteiger partial charge >= 0.3 is 6.18 Å². The third-order valence-corrected chi connectivity index (χ3v) is 8.17. The Morgan fingerprint density at radius 3 is 2.48 bits per heavy atom. The molecule has 4 rings (SSSR count). The number of likely N-dealkylation sites (tertiary alicyclic amines) is 1. The van der Waals surface area contributed by atoms with Gasteiger partial charge in [-0.1, -0.05) is 35.5 Å². The van der Waals surface area contributed by atoms with Gasteiger partial charge in [0.05, 0.1) is 4.88 Å². The standard InChI is InChI=1S/C20H20F3N3O3S2/c21-20(22,23)18-12-16(24-29-18)17-6-7-19(30-17)31(27,28)25-15-8-10-26(11-9-15)13-14-4-2-1-3-5-14/h1-7,12,15,25H,8-11,13H2. The molecular formula is C20H20F3N3O3S2. The summed E-state index contributed by atoms with van der Waals surface area (Å²) in [7, 11) is -3.78. The van der Waals surface area contributed by atoms with Gasteiger partial charge in [-0.3, -0.25) is 4.90 Å². The minimum Gasteiger partial charge on any atom is -0.351 e. The fourth-order valence-electron chi connectivity index (χ4n) is 3.46. The van der Waals surface area contributed by atoms with E-state index in [1.165, 1.54) is 17.7 Å². The molecule has 11 heteroatoms. The van der Waals surface area contributed by atoms with Crippen LogP contribution in [-0.2, 0) is 22.7 Å². The van der Waals surface area contributed by atoms with E-state index in [1.807, 2.05) is 18.2 Å². The van der Waals surface area contributed by atoms with Gasteiger partial charge in [-0.05, 0) is 30.5 Å². The topological polar surface area (TPSA) is 75.4 Å². The summed E-state index contributed by atoms with van der Waals surface area (Å²) in [6.07, 6.45) is -3.28. The van der Waals surface area contributed by atoms with E-state index in [0.29, 0.717) is 12.8 Å². The Bertz CT molecular complexity index is 1120. The summed E-state index contributed by atoms with van der Waals surface area (Å²) in [6, 6.07) is 13.5. The molecule has 0 bridgehead atoms. The average Bonchev–Trinajstić information content (AvgIpc) is 3.40. The van der Waals surface area contributed by atoms with Crippen LogP contribution in [0.5, 0.6) is 0 Å². The van der Waals surface area contributed by atoms with Crippen molar-refractivity contribution in [2.24, 2.45) is 0 Å². The zero-order chi connectivity index (χ0) is 22.1. The maximum atomic E-state index is 12.7. The number of hydrogen-bond acceptors (Lipinski definition) is 6. The van der Waals surface area contributed by atoms with Crippen molar-refractivity contribution in [3.05, 3.63) is 59.9 Å². The van der Waals surface area contributed by atoms with Crippen LogP contribution in [0.2, 0.25) is 0 Å². The van der Waals surface area contributed by atoms with Gasteiger partial charge in [-0.15, -0.1) is 11.3 Å². The summed E-state index contributed by atoms with van der Waals surface area (Å²) in [5, 5.41) is 3.40. The van der Waals surface area contributed by atoms with E-state index < -0.39 is 22.0 Å². The molecule has 3 heterocycles. The number of nitrogens with one attached hydrogen (secondary N) is 1. The van der Waals surface area contributed by atoms with E-state index in [9.17, 15) is 21.6 Å². The number of alkyl halides is 3. The first-order valence-electron chi connectivity index (χ1n) is 9.63. The first-order chi connectivity index (χ1) is 14.7. The van der Waals surface area contributed by atoms with Crippen molar-refractivity contribution < 1.29 is 26.1 Å². The van der Waals surface area contributed by atoms with E-state index in [1.54, 1.807) is 0 Å². The average molecular weight is 472 g/mol. The lowest BCUT2D eigenvalue weighted by atomic mass is 10.1. The number of hydrogen-bond donors (Lipinski definition) is 1. The van der Waals surface area contributed by atoms with Crippen LogP contribution in [0.4, 0.5) is 13.2 Å². The molecule has 1 saturated heterocycles. The summed E-state index contributed by atoms with van der Waals surface area (Å²) in [4.78, 5) is 2.57. The highest BCUT2D eigenvalue weighted by molar-refractivity contribution is 7.91. The summed E-state index contributed by atoms with van der Waals surface area (Å²) < 4.78 is 70.6. The molecule has 3 aromatic rings. The van der Waals surface area contributed by atoms with Crippen molar-refractivity contribution in [3.8, 4) is 10.6 Å². The first-order valence-corrected chi connectivity index (χ1v) is 11.9. The predicted octanol–water partition coefficient (Wildman–Crippen LogP) is 4.36. The summed E-state index contributed by atoms with van der Waals surface area (Å²) in [5.74, 6) is -1.22. The van der Waals surface area contributed by atoms with Crippen molar-refractivity contribution in [2.75, 3.05) is 13.1 Å². The minimum absolute atomic E-state index is 0.0331. The summed E-state index contributed by atoms with van der Waals surface area (Å²) in [6.45, 7) is 2.38. The zero-order valence-corrected chi connectivity index (χ0v) is 17.9. The molecule has 1 aliphatic rings. The Morgan fingerprint density at radius 2 is 1.84 bits per heavy atom. The van der Waals surface area contributed by atoms with Gasteiger partial charge < -0.3 is 4.52 Å². The Balaban J connectivity index is 1.36. The highest BCUT2D eigenvalue weighted by atomic mass is 32.2. The fraction of sp³-hybridized carbons (Fsp3) is 0.350. The molecule has 1 aromatic carbocycles. The number of aromatic nitrogens is 1. The molecule has 0 saturated carbocycles. The maximum absolute atomic E-state index is 12.7. The van der Waals surface area contributed by atoms with Crippen LogP contribution in [0.3, 0.4) is 0 Å². The third-order valence-electron chi connectivity index (χ3n) is 5.05. The molecule has 2 aromatic heterocycles. The van der Waals surface area contributed by atoms with Gasteiger partial charge in [0.1, 0.15) is 9.90 Å². The van der Waals surface area contributed by atoms with E-state index in [-0.39, 0.29) is 20.8 Å². The SMILES string of the molecule is O=S(=O)(NC1CCN(Cc2ccccc2)CC1)c1ccc(-c2cc(C(F)(F)F)on2)s1. The minimum atomic E-state index is -4.64. The second-order valence-electron chi connectivity index (χ2n) is 7.35. The third kappa shape index (κ3) is 5.35. The second-order valence-corrected chi connectivity index (χ2v) is 10.4. The summed E-state index contributed by atoms with van der Waals surface area (Å²) in [5.41, 5.74) is 1.17. The molecule has 0 spiro atoms. The highest BCUT2D eigenvalue weighted by Crippen LogP contribution is 2.35. The Kier molecular flexibility index (Phi) is 6.20. The van der Waals surface area contributed by atoms with Crippen molar-refractivity contribution in [1.82, 2.24) is 14.8 Å². The lowest BCUT2D eigenvalue weighted by Gasteiger charge is -2.32. The van der Waals surface area contributed by atoms with Gasteiger partial charge in [0.25, 0.3) is 0 Å². The molecule has 0 radical (unpaired) electrons. The Morgan fingerprint density at radius 1 is 1.13 bits per heavy atom. The van der Waals surface area contributed by atoms with E-state index in [4.69, 9.17) is 0 Å². The normalized spacial score (nSPS) is 16.6. The van der Waals surface area contributed by atoms with Crippen molar-refractivity contribution in [1.29, 1.82) is 0 Å². The molecular weight excluding hydrogens is 451 g/mol. The van der Waals surface area contributed by atoms with Crippen LogP contribution in [0.15, 0.2) is 57.3 Å². The molecule has 1 aliphatic heterocycles. The largest absolute Gasteiger partial charge is 0.452 e. The Labute approximate surface area is 181 Å². The smallest absolute Gasteiger partial charge is 0.351 e. The second kappa shape index (κ2) is 8.73. The number of piperidine rings is 1. The van der Waals surface area contributed by atoms with E-state index in [2.05, 4.69) is 31.4 Å². The van der Waals surface area contributed by atoms with Crippen LogP contribution in [0.1, 0.15) is 24.2 Å². The number of rotatable bonds is 6. The van der Waals surface area contributed by atoms with Gasteiger partial charge in [0.15, 0.2) is 0 Å². The molecule has 166 valence electrons. The van der Waals surface area contributed by atoms with Gasteiger partial charge in [-0.2, -0.15) is 13.2 Å². The van der Waals surface area contributed by atoms with E-state index in [0.717, 1.165) is 37.0 Å². The first kappa shape index (κ1) is 22.0. The van der Waals surface area contributed by atoms with Crippen molar-refractivity contribution in [2.45, 2.75) is 35.8 Å². The highest BCUT2D eigenvalue weighted by Gasteiger charge is 2.36. The molecule has 31 heavy (non-hydrogen) atoms. The van der Waals surface area contributed by atoms with E-state index >= 15 is 0 Å². The van der Waals surface area contributed by atoms with Crippen molar-refractivity contribution >= 4 is 21.4 Å². The van der Waals surface area contributed by atoms with Gasteiger partial charge in [0, 0.05) is 31.7 Å². The molecule has 1 N–H and O–H groups in total. The lowest BCUT2D eigenvalue weighted by Crippen LogP contribution is -2.44. The van der Waals surface area contributed by atoms with Crippen LogP contribution in [-0.4, -0.2) is 37.6 Å². The van der Waals surface area contributed by atoms with Crippen molar-refractivity contribution in [3.63, 3.8) is 0 Å². The van der Waals surface area contributed by atoms with Crippen LogP contribution < -0.4 is 4.72 Å². The summed E-state index contributed by atoms with van der Waals surface area (Å²) >= 11 is 0.857. The molecule has 0 unspecified atom stereocenters. The van der Waals surface area contributed by atoms with Crippen LogP contribution in [0.25, 0.3) is 10.6 Å². The van der Waals surface area contributed by atoms with Crippen LogP contribution in [0, 0.1) is 0 Å². The fourth-order valence-corrected chi connectivity index (χ4v) is 6.04. The molecule has 0 aliphatic carbocycles. The molecule has 0 atom stereocenters. The van der Waals surface area contributed by atoms with Gasteiger partial charge in [0.2, 0.25) is 15.8 Å². The quantitative estimate of drug-likeness (QED) is 0.578. The molecule has 0 amide bonds. The predicted molar refractivity (Wildman–Crippen MR) is 110 cm³/mol. The van der Waals surface area contributed by atoms with Crippen LogP contribution >= 0.6 is 11.3 Å². The number of sulfonamides is 1. The maximum Gasteiger partial charge on any atom is 0.452 e. The Hall–Kier alpha value is -2.21. The number of halogens is 3. The van der Waals surface area contributed by atoms with Gasteiger partial charge in [-0.25, -0.2) is 13.1 Å². The number of thiophene rings is 1. The molecule has 1 fully saturated rings. The lowest BCUT2D eigenvalue weighted by molar-refractivity contribution is -0.155.